The number of thioether (sulfide) groups is 1. The van der Waals surface area contributed by atoms with Gasteiger partial charge in [0.25, 0.3) is 5.22 Å². The van der Waals surface area contributed by atoms with Crippen molar-refractivity contribution in [3.8, 4) is 6.07 Å². The Hall–Kier alpha value is -2.63. The third-order valence-corrected chi connectivity index (χ3v) is 8.61. The van der Waals surface area contributed by atoms with Gasteiger partial charge in [0.2, 0.25) is 11.8 Å². The Morgan fingerprint density at radius 2 is 2.12 bits per heavy atom. The highest BCUT2D eigenvalue weighted by molar-refractivity contribution is 7.99. The van der Waals surface area contributed by atoms with Gasteiger partial charge in [-0.15, -0.1) is 21.5 Å². The number of amides is 1. The van der Waals surface area contributed by atoms with E-state index in [1.807, 2.05) is 30.3 Å². The topological polar surface area (TPSA) is 91.8 Å². The Morgan fingerprint density at radius 1 is 1.33 bits per heavy atom. The monoisotopic (exact) mass is 480 g/mol. The van der Waals surface area contributed by atoms with E-state index in [-0.39, 0.29) is 17.1 Å². The Bertz CT molecular complexity index is 1160. The fraction of sp³-hybridized carbons (Fsp3) is 0.440. The second-order valence-electron chi connectivity index (χ2n) is 9.06. The summed E-state index contributed by atoms with van der Waals surface area (Å²) in [5, 5.41) is 21.8. The Labute approximate surface area is 202 Å². The van der Waals surface area contributed by atoms with E-state index in [1.165, 1.54) is 16.6 Å². The molecule has 1 aromatic carbocycles. The molecule has 4 rings (SSSR count). The minimum Gasteiger partial charge on any atom is -0.416 e. The van der Waals surface area contributed by atoms with E-state index in [0.29, 0.717) is 34.0 Å². The van der Waals surface area contributed by atoms with Crippen LogP contribution in [0.3, 0.4) is 0 Å². The van der Waals surface area contributed by atoms with Gasteiger partial charge in [0, 0.05) is 4.88 Å². The maximum Gasteiger partial charge on any atom is 0.277 e. The van der Waals surface area contributed by atoms with Crippen LogP contribution in [-0.2, 0) is 24.1 Å². The van der Waals surface area contributed by atoms with E-state index in [0.717, 1.165) is 36.8 Å². The lowest BCUT2D eigenvalue weighted by Crippen LogP contribution is -2.28. The standard InChI is InChI=1S/C25H28N4O2S2/c1-4-25(2,3)17-10-11-18-19(14-26)23(33-20(18)13-17)27-21(30)15-32-24-29-28-22(31-24)12-16-8-6-5-7-9-16/h5-9,17H,4,10-13,15H2,1-3H3,(H,27,30)/t17-/m1/s1. The summed E-state index contributed by atoms with van der Waals surface area (Å²) in [6, 6.07) is 12.2. The molecule has 0 saturated heterocycles. The Kier molecular flexibility index (Phi) is 7.20. The molecule has 6 nitrogen and oxygen atoms in total. The first-order valence-corrected chi connectivity index (χ1v) is 13.0. The summed E-state index contributed by atoms with van der Waals surface area (Å²) in [6.07, 6.45) is 4.66. The van der Waals surface area contributed by atoms with Crippen molar-refractivity contribution in [1.82, 2.24) is 10.2 Å². The second kappa shape index (κ2) is 10.1. The van der Waals surface area contributed by atoms with Crippen LogP contribution in [0, 0.1) is 22.7 Å². The van der Waals surface area contributed by atoms with Crippen molar-refractivity contribution in [2.75, 3.05) is 11.1 Å². The van der Waals surface area contributed by atoms with Crippen LogP contribution in [0.2, 0.25) is 0 Å². The van der Waals surface area contributed by atoms with Crippen molar-refractivity contribution in [2.24, 2.45) is 11.3 Å². The minimum atomic E-state index is -0.177. The normalized spacial score (nSPS) is 15.6. The van der Waals surface area contributed by atoms with Crippen LogP contribution in [-0.4, -0.2) is 21.9 Å². The average Bonchev–Trinajstić information content (AvgIpc) is 3.41. The number of benzene rings is 1. The predicted octanol–water partition coefficient (Wildman–Crippen LogP) is 5.87. The van der Waals surface area contributed by atoms with Gasteiger partial charge in [0.15, 0.2) is 0 Å². The molecule has 0 saturated carbocycles. The van der Waals surface area contributed by atoms with Crippen molar-refractivity contribution in [3.05, 3.63) is 57.8 Å². The number of anilines is 1. The summed E-state index contributed by atoms with van der Waals surface area (Å²) in [6.45, 7) is 6.89. The number of fused-ring (bicyclic) bond motifs is 1. The molecule has 2 aromatic heterocycles. The fourth-order valence-corrected chi connectivity index (χ4v) is 6.05. The van der Waals surface area contributed by atoms with Crippen LogP contribution in [0.5, 0.6) is 0 Å². The summed E-state index contributed by atoms with van der Waals surface area (Å²) in [4.78, 5) is 13.9. The smallest absolute Gasteiger partial charge is 0.277 e. The van der Waals surface area contributed by atoms with Crippen molar-refractivity contribution in [3.63, 3.8) is 0 Å². The number of rotatable bonds is 8. The molecule has 2 heterocycles. The van der Waals surface area contributed by atoms with Gasteiger partial charge in [-0.05, 0) is 41.7 Å². The summed E-state index contributed by atoms with van der Waals surface area (Å²) < 4.78 is 5.66. The van der Waals surface area contributed by atoms with Crippen LogP contribution in [0.25, 0.3) is 0 Å². The zero-order valence-electron chi connectivity index (χ0n) is 19.2. The molecule has 1 aliphatic carbocycles. The van der Waals surface area contributed by atoms with Gasteiger partial charge in [0.1, 0.15) is 11.1 Å². The van der Waals surface area contributed by atoms with E-state index in [4.69, 9.17) is 4.42 Å². The van der Waals surface area contributed by atoms with E-state index in [1.54, 1.807) is 11.3 Å². The molecule has 0 spiro atoms. The van der Waals surface area contributed by atoms with Crippen LogP contribution in [0.1, 0.15) is 61.1 Å². The third-order valence-electron chi connectivity index (χ3n) is 6.62. The number of carbonyl (C=O) groups excluding carboxylic acids is 1. The Morgan fingerprint density at radius 3 is 2.85 bits per heavy atom. The first kappa shape index (κ1) is 23.5. The van der Waals surface area contributed by atoms with Gasteiger partial charge in [-0.25, -0.2) is 0 Å². The molecule has 33 heavy (non-hydrogen) atoms. The molecular formula is C25H28N4O2S2. The van der Waals surface area contributed by atoms with Crippen molar-refractivity contribution >= 4 is 34.0 Å². The molecule has 0 aliphatic heterocycles. The molecule has 0 bridgehead atoms. The minimum absolute atomic E-state index is 0.145. The van der Waals surface area contributed by atoms with E-state index < -0.39 is 0 Å². The molecule has 1 amide bonds. The van der Waals surface area contributed by atoms with Gasteiger partial charge < -0.3 is 9.73 Å². The SMILES string of the molecule is CCC(C)(C)[C@@H]1CCc2c(sc(NC(=O)CSc3nnc(Cc4ccccc4)o3)c2C#N)C1. The average molecular weight is 481 g/mol. The summed E-state index contributed by atoms with van der Waals surface area (Å²) >= 11 is 2.76. The molecule has 8 heteroatoms. The third kappa shape index (κ3) is 5.48. The number of nitrogens with one attached hydrogen (secondary N) is 1. The van der Waals surface area contributed by atoms with Gasteiger partial charge >= 0.3 is 0 Å². The van der Waals surface area contributed by atoms with Gasteiger partial charge in [0.05, 0.1) is 17.7 Å². The molecule has 0 fully saturated rings. The molecule has 1 N–H and O–H groups in total. The van der Waals surface area contributed by atoms with Crippen molar-refractivity contribution < 1.29 is 9.21 Å². The second-order valence-corrected chi connectivity index (χ2v) is 11.1. The predicted molar refractivity (Wildman–Crippen MR) is 132 cm³/mol. The highest BCUT2D eigenvalue weighted by Crippen LogP contribution is 2.45. The molecular weight excluding hydrogens is 452 g/mol. The summed E-state index contributed by atoms with van der Waals surface area (Å²) in [7, 11) is 0. The van der Waals surface area contributed by atoms with Crippen LogP contribution >= 0.6 is 23.1 Å². The fourth-order valence-electron chi connectivity index (χ4n) is 4.18. The first-order valence-electron chi connectivity index (χ1n) is 11.2. The molecule has 172 valence electrons. The lowest BCUT2D eigenvalue weighted by atomic mass is 9.69. The van der Waals surface area contributed by atoms with Crippen LogP contribution in [0.15, 0.2) is 40.0 Å². The molecule has 0 radical (unpaired) electrons. The van der Waals surface area contributed by atoms with Gasteiger partial charge in [-0.3, -0.25) is 4.79 Å². The number of hydrogen-bond donors (Lipinski definition) is 1. The van der Waals surface area contributed by atoms with Crippen molar-refractivity contribution in [2.45, 2.75) is 58.1 Å². The summed E-state index contributed by atoms with van der Waals surface area (Å²) in [5.41, 5.74) is 3.11. The summed E-state index contributed by atoms with van der Waals surface area (Å²) in [5.74, 6) is 1.09. The number of thiophene rings is 1. The zero-order valence-corrected chi connectivity index (χ0v) is 20.8. The lowest BCUT2D eigenvalue weighted by Gasteiger charge is -2.36. The van der Waals surface area contributed by atoms with Crippen molar-refractivity contribution in [1.29, 1.82) is 5.26 Å². The first-order chi connectivity index (χ1) is 15.9. The molecule has 1 aliphatic rings. The van der Waals surface area contributed by atoms with Crippen LogP contribution in [0.4, 0.5) is 5.00 Å². The lowest BCUT2D eigenvalue weighted by molar-refractivity contribution is -0.113. The zero-order chi connectivity index (χ0) is 23.4. The van der Waals surface area contributed by atoms with E-state index >= 15 is 0 Å². The van der Waals surface area contributed by atoms with E-state index in [9.17, 15) is 10.1 Å². The highest BCUT2D eigenvalue weighted by Gasteiger charge is 2.34. The number of hydrogen-bond acceptors (Lipinski definition) is 7. The van der Waals surface area contributed by atoms with Crippen LogP contribution < -0.4 is 5.32 Å². The van der Waals surface area contributed by atoms with Gasteiger partial charge in [-0.2, -0.15) is 5.26 Å². The maximum absolute atomic E-state index is 12.6. The number of nitriles is 1. The number of carbonyl (C=O) groups is 1. The molecule has 1 atom stereocenters. The number of aromatic nitrogens is 2. The maximum atomic E-state index is 12.6. The van der Waals surface area contributed by atoms with E-state index in [2.05, 4.69) is 42.4 Å². The number of nitrogens with zero attached hydrogens (tertiary/aromatic N) is 3. The molecule has 0 unspecified atom stereocenters. The Balaban J connectivity index is 1.36. The van der Waals surface area contributed by atoms with Gasteiger partial charge in [-0.1, -0.05) is 69.3 Å². The largest absolute Gasteiger partial charge is 0.416 e. The molecule has 3 aromatic rings. The highest BCUT2D eigenvalue weighted by atomic mass is 32.2. The quantitative estimate of drug-likeness (QED) is 0.406.